The van der Waals surface area contributed by atoms with Crippen molar-refractivity contribution in [3.63, 3.8) is 0 Å². The molecule has 1 aliphatic rings. The molecule has 2 rings (SSSR count). The highest BCUT2D eigenvalue weighted by atomic mass is 79.9. The molecule has 0 heterocycles. The smallest absolute Gasteiger partial charge is 0.129 e. The van der Waals surface area contributed by atoms with Crippen LogP contribution in [-0.4, -0.2) is 18.3 Å². The third-order valence-corrected chi connectivity index (χ3v) is 4.71. The van der Waals surface area contributed by atoms with Crippen molar-refractivity contribution in [1.82, 2.24) is 5.32 Å². The summed E-state index contributed by atoms with van der Waals surface area (Å²) in [6, 6.07) is 5.10. The van der Waals surface area contributed by atoms with Crippen LogP contribution in [0.4, 0.5) is 4.39 Å². The zero-order valence-electron chi connectivity index (χ0n) is 11.3. The maximum atomic E-state index is 13.9. The minimum atomic E-state index is -0.196. The van der Waals surface area contributed by atoms with Crippen LogP contribution >= 0.6 is 15.9 Å². The number of hydrogen-bond donors (Lipinski definition) is 2. The Morgan fingerprint density at radius 1 is 1.42 bits per heavy atom. The quantitative estimate of drug-likeness (QED) is 0.861. The van der Waals surface area contributed by atoms with E-state index < -0.39 is 0 Å². The largest absolute Gasteiger partial charge is 0.396 e. The number of aliphatic hydroxyl groups is 1. The van der Waals surface area contributed by atoms with Crippen molar-refractivity contribution in [2.45, 2.75) is 38.6 Å². The molecule has 0 amide bonds. The van der Waals surface area contributed by atoms with Gasteiger partial charge in [0.1, 0.15) is 5.82 Å². The minimum Gasteiger partial charge on any atom is -0.396 e. The maximum Gasteiger partial charge on any atom is 0.129 e. The summed E-state index contributed by atoms with van der Waals surface area (Å²) < 4.78 is 14.6. The van der Waals surface area contributed by atoms with E-state index in [1.54, 1.807) is 6.07 Å². The normalized spacial score (nSPS) is 19.6. The molecule has 0 bridgehead atoms. The molecule has 1 aromatic carbocycles. The molecule has 0 radical (unpaired) electrons. The van der Waals surface area contributed by atoms with E-state index in [9.17, 15) is 9.50 Å². The molecule has 0 aliphatic heterocycles. The highest BCUT2D eigenvalue weighted by Gasteiger charge is 2.33. The summed E-state index contributed by atoms with van der Waals surface area (Å²) >= 11 is 3.26. The lowest BCUT2D eigenvalue weighted by molar-refractivity contribution is 0.125. The van der Waals surface area contributed by atoms with Crippen molar-refractivity contribution < 1.29 is 9.50 Å². The van der Waals surface area contributed by atoms with Gasteiger partial charge in [-0.1, -0.05) is 34.8 Å². The Bertz CT molecular complexity index is 432. The fourth-order valence-electron chi connectivity index (χ4n) is 2.85. The standard InChI is InChI=1S/C15H21BrFNO/c1-11(13-5-4-12(16)8-14(13)17)18-9-15(10-19)6-2-3-7-15/h4-5,8,11,18-19H,2-3,6-7,9-10H2,1H3. The van der Waals surface area contributed by atoms with Crippen LogP contribution in [0.5, 0.6) is 0 Å². The highest BCUT2D eigenvalue weighted by Crippen LogP contribution is 2.37. The van der Waals surface area contributed by atoms with E-state index in [2.05, 4.69) is 21.2 Å². The number of benzene rings is 1. The molecular weight excluding hydrogens is 309 g/mol. The van der Waals surface area contributed by atoms with Crippen LogP contribution in [0.1, 0.15) is 44.2 Å². The first-order chi connectivity index (χ1) is 9.06. The SMILES string of the molecule is CC(NCC1(CO)CCCC1)c1ccc(Br)cc1F. The maximum absolute atomic E-state index is 13.9. The van der Waals surface area contributed by atoms with Crippen molar-refractivity contribution >= 4 is 15.9 Å². The van der Waals surface area contributed by atoms with Gasteiger partial charge in [0.2, 0.25) is 0 Å². The zero-order valence-corrected chi connectivity index (χ0v) is 12.8. The number of aliphatic hydroxyl groups excluding tert-OH is 1. The van der Waals surface area contributed by atoms with Gasteiger partial charge in [0.05, 0.1) is 0 Å². The van der Waals surface area contributed by atoms with E-state index in [0.29, 0.717) is 5.56 Å². The van der Waals surface area contributed by atoms with E-state index in [-0.39, 0.29) is 23.9 Å². The molecule has 2 N–H and O–H groups in total. The Balaban J connectivity index is 1.99. The molecule has 0 spiro atoms. The van der Waals surface area contributed by atoms with Gasteiger partial charge in [-0.3, -0.25) is 0 Å². The first-order valence-electron chi connectivity index (χ1n) is 6.85. The summed E-state index contributed by atoms with van der Waals surface area (Å²) in [5.74, 6) is -0.196. The summed E-state index contributed by atoms with van der Waals surface area (Å²) in [6.07, 6.45) is 4.49. The van der Waals surface area contributed by atoms with E-state index >= 15 is 0 Å². The number of nitrogens with one attached hydrogen (secondary N) is 1. The Labute approximate surface area is 122 Å². The topological polar surface area (TPSA) is 32.3 Å². The summed E-state index contributed by atoms with van der Waals surface area (Å²) in [5, 5.41) is 12.9. The van der Waals surface area contributed by atoms with Crippen molar-refractivity contribution in [3.05, 3.63) is 34.1 Å². The zero-order chi connectivity index (χ0) is 13.9. The van der Waals surface area contributed by atoms with Gasteiger partial charge in [-0.2, -0.15) is 0 Å². The summed E-state index contributed by atoms with van der Waals surface area (Å²) in [6.45, 7) is 2.93. The van der Waals surface area contributed by atoms with Crippen LogP contribution in [-0.2, 0) is 0 Å². The molecule has 4 heteroatoms. The Morgan fingerprint density at radius 3 is 2.68 bits per heavy atom. The minimum absolute atomic E-state index is 0.0000991. The van der Waals surface area contributed by atoms with Crippen molar-refractivity contribution in [2.24, 2.45) is 5.41 Å². The average molecular weight is 330 g/mol. The molecule has 0 saturated heterocycles. The van der Waals surface area contributed by atoms with E-state index in [1.165, 1.54) is 18.9 Å². The van der Waals surface area contributed by atoms with Crippen molar-refractivity contribution in [2.75, 3.05) is 13.2 Å². The Kier molecular flexibility index (Phi) is 4.98. The number of hydrogen-bond acceptors (Lipinski definition) is 2. The molecule has 1 saturated carbocycles. The predicted octanol–water partition coefficient (Wildman–Crippen LogP) is 3.79. The van der Waals surface area contributed by atoms with Crippen LogP contribution < -0.4 is 5.32 Å². The van der Waals surface area contributed by atoms with E-state index in [1.807, 2.05) is 13.0 Å². The van der Waals surface area contributed by atoms with Crippen molar-refractivity contribution in [1.29, 1.82) is 0 Å². The van der Waals surface area contributed by atoms with Gasteiger partial charge < -0.3 is 10.4 Å². The van der Waals surface area contributed by atoms with E-state index in [0.717, 1.165) is 23.9 Å². The number of halogens is 2. The molecule has 1 unspecified atom stereocenters. The average Bonchev–Trinajstić information content (AvgIpc) is 2.85. The van der Waals surface area contributed by atoms with Gasteiger partial charge in [-0.15, -0.1) is 0 Å². The van der Waals surface area contributed by atoms with Crippen LogP contribution in [0.15, 0.2) is 22.7 Å². The van der Waals surface area contributed by atoms with Gasteiger partial charge >= 0.3 is 0 Å². The van der Waals surface area contributed by atoms with Crippen LogP contribution in [0, 0.1) is 11.2 Å². The molecule has 1 aliphatic carbocycles. The predicted molar refractivity (Wildman–Crippen MR) is 78.5 cm³/mol. The summed E-state index contributed by atoms with van der Waals surface area (Å²) in [7, 11) is 0. The van der Waals surface area contributed by atoms with Gasteiger partial charge in [0, 0.05) is 34.6 Å². The molecule has 19 heavy (non-hydrogen) atoms. The molecule has 106 valence electrons. The molecule has 2 nitrogen and oxygen atoms in total. The molecule has 0 aromatic heterocycles. The first-order valence-corrected chi connectivity index (χ1v) is 7.65. The van der Waals surface area contributed by atoms with Crippen LogP contribution in [0.25, 0.3) is 0 Å². The second-order valence-corrected chi connectivity index (χ2v) is 6.55. The molecule has 1 fully saturated rings. The molecule has 1 atom stereocenters. The fourth-order valence-corrected chi connectivity index (χ4v) is 3.18. The van der Waals surface area contributed by atoms with Gasteiger partial charge in [0.25, 0.3) is 0 Å². The third kappa shape index (κ3) is 3.56. The molecular formula is C15H21BrFNO. The van der Waals surface area contributed by atoms with Crippen LogP contribution in [0.2, 0.25) is 0 Å². The fraction of sp³-hybridized carbons (Fsp3) is 0.600. The lowest BCUT2D eigenvalue weighted by Crippen LogP contribution is -2.36. The Hall–Kier alpha value is -0.450. The van der Waals surface area contributed by atoms with Crippen molar-refractivity contribution in [3.8, 4) is 0 Å². The lowest BCUT2D eigenvalue weighted by Gasteiger charge is -2.29. The van der Waals surface area contributed by atoms with Gasteiger partial charge in [0.15, 0.2) is 0 Å². The lowest BCUT2D eigenvalue weighted by atomic mass is 9.87. The highest BCUT2D eigenvalue weighted by molar-refractivity contribution is 9.10. The van der Waals surface area contributed by atoms with Crippen LogP contribution in [0.3, 0.4) is 0 Å². The second kappa shape index (κ2) is 6.33. The molecule has 1 aromatic rings. The Morgan fingerprint density at radius 2 is 2.11 bits per heavy atom. The van der Waals surface area contributed by atoms with Gasteiger partial charge in [-0.25, -0.2) is 4.39 Å². The monoisotopic (exact) mass is 329 g/mol. The summed E-state index contributed by atoms with van der Waals surface area (Å²) in [5.41, 5.74) is 0.675. The first kappa shape index (κ1) is 14.9. The third-order valence-electron chi connectivity index (χ3n) is 4.21. The summed E-state index contributed by atoms with van der Waals surface area (Å²) in [4.78, 5) is 0. The van der Waals surface area contributed by atoms with Gasteiger partial charge in [-0.05, 0) is 31.9 Å². The second-order valence-electron chi connectivity index (χ2n) is 5.63. The van der Waals surface area contributed by atoms with E-state index in [4.69, 9.17) is 0 Å². The number of rotatable bonds is 5.